The molecular formula is C34H51NO8. The number of rotatable bonds is 17. The van der Waals surface area contributed by atoms with Crippen LogP contribution in [-0.4, -0.2) is 79.6 Å². The van der Waals surface area contributed by atoms with Gasteiger partial charge in [-0.05, 0) is 50.7 Å². The molecule has 0 aromatic rings. The maximum absolute atomic E-state index is 11.9. The number of hydrogen-bond donors (Lipinski definition) is 2. The molecule has 240 valence electrons. The molecule has 43 heavy (non-hydrogen) atoms. The van der Waals surface area contributed by atoms with Gasteiger partial charge in [-0.25, -0.2) is 5.06 Å². The average molecular weight is 602 g/mol. The zero-order valence-corrected chi connectivity index (χ0v) is 26.6. The summed E-state index contributed by atoms with van der Waals surface area (Å²) in [6, 6.07) is 0. The van der Waals surface area contributed by atoms with E-state index in [0.717, 1.165) is 23.5 Å². The summed E-state index contributed by atoms with van der Waals surface area (Å²) in [5.41, 5.74) is 1.31. The number of hydrogen-bond acceptors (Lipinski definition) is 8. The van der Waals surface area contributed by atoms with E-state index in [9.17, 15) is 24.6 Å². The second-order valence-electron chi connectivity index (χ2n) is 10.4. The number of aliphatic hydroxyl groups is 2. The number of amides is 1. The van der Waals surface area contributed by atoms with Crippen LogP contribution < -0.4 is 0 Å². The summed E-state index contributed by atoms with van der Waals surface area (Å²) in [4.78, 5) is 40.5. The summed E-state index contributed by atoms with van der Waals surface area (Å²) in [5, 5.41) is 21.0. The van der Waals surface area contributed by atoms with Gasteiger partial charge in [0.15, 0.2) is 17.9 Å². The minimum absolute atomic E-state index is 0.000726. The van der Waals surface area contributed by atoms with E-state index in [1.165, 1.54) is 20.2 Å². The van der Waals surface area contributed by atoms with Crippen LogP contribution in [0.25, 0.3) is 0 Å². The van der Waals surface area contributed by atoms with E-state index in [1.807, 2.05) is 43.4 Å². The molecule has 2 aliphatic rings. The van der Waals surface area contributed by atoms with Crippen LogP contribution in [0.5, 0.6) is 0 Å². The van der Waals surface area contributed by atoms with Gasteiger partial charge in [-0.3, -0.25) is 19.2 Å². The molecule has 0 heterocycles. The molecule has 1 amide bonds. The molecule has 0 aliphatic heterocycles. The smallest absolute Gasteiger partial charge is 0.246 e. The lowest BCUT2D eigenvalue weighted by atomic mass is 9.96. The quantitative estimate of drug-likeness (QED) is 0.104. The van der Waals surface area contributed by atoms with Crippen molar-refractivity contribution in [2.45, 2.75) is 83.7 Å². The number of carbonyl (C=O) groups excluding carboxylic acids is 3. The number of hydroxylamine groups is 2. The Hall–Kier alpha value is -2.95. The van der Waals surface area contributed by atoms with Crippen molar-refractivity contribution in [2.75, 3.05) is 28.4 Å². The lowest BCUT2D eigenvalue weighted by Crippen LogP contribution is -2.27. The molecular weight excluding hydrogens is 550 g/mol. The highest BCUT2D eigenvalue weighted by atomic mass is 16.7. The molecule has 2 rings (SSSR count). The molecule has 0 unspecified atom stereocenters. The van der Waals surface area contributed by atoms with Gasteiger partial charge in [0.2, 0.25) is 5.91 Å². The SMILES string of the molecule is CC/C=C\C[C@H](O)C/C=C1/C(=O)C=C[C@@H]1CC(=O)N(C)OC.CC/C=C\C[C@H](O)C/C=C1/C(=O)C=C[C@@H]1CC(OC)OC. The zero-order valence-electron chi connectivity index (χ0n) is 26.6. The Morgan fingerprint density at radius 3 is 1.72 bits per heavy atom. The van der Waals surface area contributed by atoms with E-state index in [0.29, 0.717) is 37.7 Å². The van der Waals surface area contributed by atoms with Crippen molar-refractivity contribution in [3.63, 3.8) is 0 Å². The van der Waals surface area contributed by atoms with Crippen LogP contribution in [0.4, 0.5) is 0 Å². The van der Waals surface area contributed by atoms with Crippen molar-refractivity contribution < 1.29 is 38.9 Å². The Morgan fingerprint density at radius 2 is 1.28 bits per heavy atom. The zero-order chi connectivity index (χ0) is 32.2. The van der Waals surface area contributed by atoms with Gasteiger partial charge in [-0.15, -0.1) is 0 Å². The van der Waals surface area contributed by atoms with E-state index in [4.69, 9.17) is 14.3 Å². The number of ether oxygens (including phenoxy) is 2. The van der Waals surface area contributed by atoms with E-state index in [2.05, 4.69) is 6.92 Å². The van der Waals surface area contributed by atoms with E-state index in [-0.39, 0.29) is 42.0 Å². The Balaban J connectivity index is 0.000000430. The maximum atomic E-state index is 11.9. The summed E-state index contributed by atoms with van der Waals surface area (Å²) in [6.07, 6.45) is 21.7. The summed E-state index contributed by atoms with van der Waals surface area (Å²) in [7, 11) is 6.13. The Bertz CT molecular complexity index is 1050. The van der Waals surface area contributed by atoms with Crippen LogP contribution in [0.3, 0.4) is 0 Å². The lowest BCUT2D eigenvalue weighted by Gasteiger charge is -2.18. The highest BCUT2D eigenvalue weighted by molar-refractivity contribution is 6.08. The first kappa shape index (κ1) is 38.1. The van der Waals surface area contributed by atoms with Crippen molar-refractivity contribution in [3.8, 4) is 0 Å². The number of aliphatic hydroxyl groups excluding tert-OH is 2. The molecule has 0 bridgehead atoms. The summed E-state index contributed by atoms with van der Waals surface area (Å²) < 4.78 is 10.4. The summed E-state index contributed by atoms with van der Waals surface area (Å²) in [6.45, 7) is 4.09. The van der Waals surface area contributed by atoms with Crippen LogP contribution in [-0.2, 0) is 28.7 Å². The van der Waals surface area contributed by atoms with Crippen LogP contribution >= 0.6 is 0 Å². The molecule has 0 radical (unpaired) electrons. The largest absolute Gasteiger partial charge is 0.392 e. The van der Waals surface area contributed by atoms with Crippen molar-refractivity contribution >= 4 is 17.5 Å². The van der Waals surface area contributed by atoms with Gasteiger partial charge in [0.05, 0.1) is 19.3 Å². The number of carbonyl (C=O) groups is 3. The number of nitrogens with zero attached hydrogens (tertiary/aromatic N) is 1. The highest BCUT2D eigenvalue weighted by Crippen LogP contribution is 2.28. The van der Waals surface area contributed by atoms with Crippen LogP contribution in [0, 0.1) is 11.8 Å². The second kappa shape index (κ2) is 21.7. The van der Waals surface area contributed by atoms with Gasteiger partial charge in [0.25, 0.3) is 0 Å². The topological polar surface area (TPSA) is 123 Å². The third-order valence-electron chi connectivity index (χ3n) is 7.16. The molecule has 0 saturated carbocycles. The fourth-order valence-corrected chi connectivity index (χ4v) is 4.53. The number of allylic oxidation sites excluding steroid dienone is 8. The molecule has 0 spiro atoms. The highest BCUT2D eigenvalue weighted by Gasteiger charge is 2.27. The minimum Gasteiger partial charge on any atom is -0.392 e. The minimum atomic E-state index is -0.512. The first-order valence-electron chi connectivity index (χ1n) is 15.0. The fourth-order valence-electron chi connectivity index (χ4n) is 4.53. The molecule has 0 saturated heterocycles. The molecule has 0 aromatic carbocycles. The van der Waals surface area contributed by atoms with Gasteiger partial charge in [0.1, 0.15) is 0 Å². The van der Waals surface area contributed by atoms with Gasteiger partial charge in [-0.1, -0.05) is 62.5 Å². The third kappa shape index (κ3) is 14.4. The van der Waals surface area contributed by atoms with Crippen molar-refractivity contribution in [1.82, 2.24) is 5.06 Å². The number of ketones is 2. The van der Waals surface area contributed by atoms with E-state index < -0.39 is 12.2 Å². The summed E-state index contributed by atoms with van der Waals surface area (Å²) in [5.74, 6) is -0.502. The third-order valence-corrected chi connectivity index (χ3v) is 7.16. The fraction of sp³-hybridized carbons (Fsp3) is 0.559. The monoisotopic (exact) mass is 601 g/mol. The van der Waals surface area contributed by atoms with Crippen molar-refractivity contribution in [3.05, 3.63) is 71.9 Å². The Kier molecular flexibility index (Phi) is 19.2. The van der Waals surface area contributed by atoms with Gasteiger partial charge < -0.3 is 19.7 Å². The standard InChI is InChI=1S/C17H25NO4.C17H26O4/c1-4-5-6-7-14(19)9-10-15-13(8-11-16(15)20)12-17(21)18(2)22-3;1-4-5-6-7-14(18)9-10-15-13(8-11-16(15)19)12-17(20-2)21-3/h5-6,8,10-11,13-14,19H,4,7,9,12H2,1-3H3;5-6,8,10-11,13-14,17-18H,4,7,9,12H2,1-3H3/b2*6-5-,15-10+/t2*13-,14+/m11/s1. The van der Waals surface area contributed by atoms with E-state index >= 15 is 0 Å². The molecule has 9 heteroatoms. The Morgan fingerprint density at radius 1 is 0.814 bits per heavy atom. The maximum Gasteiger partial charge on any atom is 0.246 e. The molecule has 2 N–H and O–H groups in total. The lowest BCUT2D eigenvalue weighted by molar-refractivity contribution is -0.169. The predicted octanol–water partition coefficient (Wildman–Crippen LogP) is 4.97. The number of methoxy groups -OCH3 is 2. The Labute approximate surface area is 257 Å². The van der Waals surface area contributed by atoms with Crippen molar-refractivity contribution in [1.29, 1.82) is 0 Å². The molecule has 0 fully saturated rings. The first-order valence-corrected chi connectivity index (χ1v) is 15.0. The molecule has 2 aliphatic carbocycles. The summed E-state index contributed by atoms with van der Waals surface area (Å²) >= 11 is 0. The van der Waals surface area contributed by atoms with Gasteiger partial charge in [0, 0.05) is 57.1 Å². The van der Waals surface area contributed by atoms with Gasteiger partial charge in [-0.2, -0.15) is 0 Å². The molecule has 4 atom stereocenters. The first-order chi connectivity index (χ1) is 20.6. The second-order valence-corrected chi connectivity index (χ2v) is 10.4. The van der Waals surface area contributed by atoms with Gasteiger partial charge >= 0.3 is 0 Å². The van der Waals surface area contributed by atoms with Crippen molar-refractivity contribution in [2.24, 2.45) is 11.8 Å². The van der Waals surface area contributed by atoms with Crippen LogP contribution in [0.2, 0.25) is 0 Å². The molecule has 9 nitrogen and oxygen atoms in total. The average Bonchev–Trinajstić information content (AvgIpc) is 3.53. The van der Waals surface area contributed by atoms with Crippen LogP contribution in [0.15, 0.2) is 71.9 Å². The predicted molar refractivity (Wildman–Crippen MR) is 168 cm³/mol. The van der Waals surface area contributed by atoms with E-state index in [1.54, 1.807) is 32.4 Å². The molecule has 0 aromatic heterocycles. The normalized spacial score (nSPS) is 21.5. The van der Waals surface area contributed by atoms with Crippen LogP contribution in [0.1, 0.15) is 65.2 Å².